The molecule has 4 nitrogen and oxygen atoms in total. The molecule has 0 saturated carbocycles. The molecular weight excluding hydrogens is 437 g/mol. The number of thiophene rings is 1. The molecule has 1 aliphatic rings. The number of anilines is 2. The number of nitrogen functional groups attached to an aromatic ring is 1. The Hall–Kier alpha value is -1.82. The fourth-order valence-electron chi connectivity index (χ4n) is 4.08. The maximum Gasteiger partial charge on any atom is 0.267 e. The van der Waals surface area contributed by atoms with Crippen LogP contribution >= 0.6 is 34.5 Å². The summed E-state index contributed by atoms with van der Waals surface area (Å²) >= 11 is 13.5. The van der Waals surface area contributed by atoms with E-state index in [2.05, 4.69) is 32.2 Å². The van der Waals surface area contributed by atoms with Gasteiger partial charge < -0.3 is 11.1 Å². The lowest BCUT2D eigenvalue weighted by atomic mass is 9.69. The van der Waals surface area contributed by atoms with Gasteiger partial charge in [0.15, 0.2) is 0 Å². The average molecular weight is 462 g/mol. The van der Waals surface area contributed by atoms with Gasteiger partial charge in [0, 0.05) is 16.1 Å². The maximum atomic E-state index is 12.9. The van der Waals surface area contributed by atoms with E-state index >= 15 is 0 Å². The summed E-state index contributed by atoms with van der Waals surface area (Å²) in [5, 5.41) is 4.59. The summed E-state index contributed by atoms with van der Waals surface area (Å²) in [7, 11) is 0. The van der Waals surface area contributed by atoms with Crippen molar-refractivity contribution in [1.29, 1.82) is 0 Å². The molecule has 0 radical (unpaired) electrons. The number of halogens is 2. The smallest absolute Gasteiger partial charge is 0.267 e. The number of benzene rings is 1. The van der Waals surface area contributed by atoms with Crippen molar-refractivity contribution < 1.29 is 4.79 Å². The molecule has 0 bridgehead atoms. The van der Waals surface area contributed by atoms with E-state index in [0.717, 1.165) is 41.6 Å². The molecule has 3 aromatic rings. The summed E-state index contributed by atoms with van der Waals surface area (Å²) in [5.74, 6) is 0.339. The van der Waals surface area contributed by atoms with Crippen molar-refractivity contribution in [3.63, 3.8) is 0 Å². The Labute approximate surface area is 190 Å². The lowest BCUT2D eigenvalue weighted by Gasteiger charge is -2.36. The standard InChI is InChI=1S/C23H25Cl2N3OS/c1-4-23(2,3)13-5-7-17-12(9-13)10-15-19(26)20(30-22(15)28-17)21(29)27-18-8-6-14(24)11-16(18)25/h6,8,10-11,13H,4-5,7,9,26H2,1-3H3,(H,27,29). The van der Waals surface area contributed by atoms with Crippen LogP contribution in [0.15, 0.2) is 24.3 Å². The summed E-state index contributed by atoms with van der Waals surface area (Å²) in [6, 6.07) is 7.10. The minimum absolute atomic E-state index is 0.289. The highest BCUT2D eigenvalue weighted by atomic mass is 35.5. The quantitative estimate of drug-likeness (QED) is 0.440. The number of hydrogen-bond donors (Lipinski definition) is 2. The van der Waals surface area contributed by atoms with Gasteiger partial charge >= 0.3 is 0 Å². The van der Waals surface area contributed by atoms with Gasteiger partial charge in [-0.2, -0.15) is 0 Å². The first-order valence-electron chi connectivity index (χ1n) is 10.2. The Bertz CT molecular complexity index is 1140. The van der Waals surface area contributed by atoms with Crippen molar-refractivity contribution in [3.05, 3.63) is 50.4 Å². The second kappa shape index (κ2) is 8.03. The molecule has 0 aliphatic heterocycles. The number of aryl methyl sites for hydroxylation is 1. The summed E-state index contributed by atoms with van der Waals surface area (Å²) in [6.45, 7) is 6.95. The molecule has 1 aliphatic carbocycles. The summed E-state index contributed by atoms with van der Waals surface area (Å²) in [6.07, 6.45) is 4.28. The zero-order chi connectivity index (χ0) is 21.6. The number of nitrogens with one attached hydrogen (secondary N) is 1. The Morgan fingerprint density at radius 3 is 2.80 bits per heavy atom. The van der Waals surface area contributed by atoms with Crippen molar-refractivity contribution in [2.24, 2.45) is 11.3 Å². The number of nitrogens with zero attached hydrogens (tertiary/aromatic N) is 1. The van der Waals surface area contributed by atoms with Crippen LogP contribution in [0.5, 0.6) is 0 Å². The predicted octanol–water partition coefficient (Wildman–Crippen LogP) is 6.98. The highest BCUT2D eigenvalue weighted by molar-refractivity contribution is 7.21. The number of rotatable bonds is 4. The lowest BCUT2D eigenvalue weighted by Crippen LogP contribution is -2.29. The number of fused-ring (bicyclic) bond motifs is 2. The van der Waals surface area contributed by atoms with E-state index in [1.54, 1.807) is 18.2 Å². The minimum atomic E-state index is -0.289. The molecule has 1 atom stereocenters. The third-order valence-corrected chi connectivity index (χ3v) is 8.15. The molecule has 2 aromatic heterocycles. The number of nitrogens with two attached hydrogens (primary N) is 1. The molecule has 2 heterocycles. The second-order valence-electron chi connectivity index (χ2n) is 8.65. The molecule has 0 fully saturated rings. The van der Waals surface area contributed by atoms with Crippen LogP contribution in [-0.2, 0) is 12.8 Å². The van der Waals surface area contributed by atoms with Crippen LogP contribution in [0, 0.1) is 11.3 Å². The molecular formula is C23H25Cl2N3OS. The van der Waals surface area contributed by atoms with E-state index in [4.69, 9.17) is 33.9 Å². The molecule has 158 valence electrons. The Balaban J connectivity index is 1.65. The molecule has 0 spiro atoms. The first-order chi connectivity index (χ1) is 14.2. The first-order valence-corrected chi connectivity index (χ1v) is 11.7. The summed E-state index contributed by atoms with van der Waals surface area (Å²) in [5.41, 5.74) is 10.1. The number of aromatic nitrogens is 1. The van der Waals surface area contributed by atoms with E-state index in [0.29, 0.717) is 37.6 Å². The Morgan fingerprint density at radius 2 is 2.10 bits per heavy atom. The fraction of sp³-hybridized carbons (Fsp3) is 0.391. The average Bonchev–Trinajstić information content (AvgIpc) is 3.03. The molecule has 1 unspecified atom stereocenters. The van der Waals surface area contributed by atoms with Crippen LogP contribution in [0.4, 0.5) is 11.4 Å². The van der Waals surface area contributed by atoms with Gasteiger partial charge in [0.1, 0.15) is 9.71 Å². The molecule has 1 amide bonds. The van der Waals surface area contributed by atoms with Crippen molar-refractivity contribution in [2.75, 3.05) is 11.1 Å². The van der Waals surface area contributed by atoms with Gasteiger partial charge in [0.25, 0.3) is 5.91 Å². The van der Waals surface area contributed by atoms with E-state index < -0.39 is 0 Å². The minimum Gasteiger partial charge on any atom is -0.397 e. The highest BCUT2D eigenvalue weighted by Crippen LogP contribution is 2.42. The molecule has 7 heteroatoms. The van der Waals surface area contributed by atoms with Gasteiger partial charge in [-0.3, -0.25) is 4.79 Å². The molecule has 0 saturated heterocycles. The molecule has 4 rings (SSSR count). The van der Waals surface area contributed by atoms with Gasteiger partial charge in [-0.15, -0.1) is 11.3 Å². The number of hydrogen-bond acceptors (Lipinski definition) is 4. The highest BCUT2D eigenvalue weighted by Gasteiger charge is 2.32. The maximum absolute atomic E-state index is 12.9. The zero-order valence-corrected chi connectivity index (χ0v) is 19.6. The zero-order valence-electron chi connectivity index (χ0n) is 17.3. The van der Waals surface area contributed by atoms with E-state index in [-0.39, 0.29) is 5.91 Å². The van der Waals surface area contributed by atoms with E-state index in [1.165, 1.54) is 16.9 Å². The second-order valence-corrected chi connectivity index (χ2v) is 10.5. The number of amides is 1. The molecule has 3 N–H and O–H groups in total. The van der Waals surface area contributed by atoms with Gasteiger partial charge in [0.2, 0.25) is 0 Å². The predicted molar refractivity (Wildman–Crippen MR) is 128 cm³/mol. The van der Waals surface area contributed by atoms with Crippen LogP contribution in [0.1, 0.15) is 54.5 Å². The molecule has 30 heavy (non-hydrogen) atoms. The first kappa shape index (κ1) is 21.4. The van der Waals surface area contributed by atoms with Crippen molar-refractivity contribution in [3.8, 4) is 0 Å². The largest absolute Gasteiger partial charge is 0.397 e. The van der Waals surface area contributed by atoms with E-state index in [1.807, 2.05) is 0 Å². The van der Waals surface area contributed by atoms with Crippen LogP contribution in [0.3, 0.4) is 0 Å². The monoisotopic (exact) mass is 461 g/mol. The SMILES string of the molecule is CCC(C)(C)C1CCc2nc3sc(C(=O)Nc4ccc(Cl)cc4Cl)c(N)c3cc2C1. The van der Waals surface area contributed by atoms with Gasteiger partial charge in [-0.1, -0.05) is 50.4 Å². The third-order valence-electron chi connectivity index (χ3n) is 6.49. The molecule has 1 aromatic carbocycles. The topological polar surface area (TPSA) is 68.0 Å². The normalized spacial score (nSPS) is 16.5. The number of carbonyl (C=O) groups is 1. The fourth-order valence-corrected chi connectivity index (χ4v) is 5.53. The van der Waals surface area contributed by atoms with Crippen molar-refractivity contribution >= 4 is 62.0 Å². The van der Waals surface area contributed by atoms with Crippen LogP contribution in [-0.4, -0.2) is 10.9 Å². The Kier molecular flexibility index (Phi) is 5.73. The van der Waals surface area contributed by atoms with Gasteiger partial charge in [-0.05, 0) is 60.4 Å². The van der Waals surface area contributed by atoms with E-state index in [9.17, 15) is 4.79 Å². The van der Waals surface area contributed by atoms with Crippen molar-refractivity contribution in [2.45, 2.75) is 46.5 Å². The van der Waals surface area contributed by atoms with Crippen LogP contribution < -0.4 is 11.1 Å². The third kappa shape index (κ3) is 3.91. The van der Waals surface area contributed by atoms with Gasteiger partial charge in [-0.25, -0.2) is 4.98 Å². The number of carbonyl (C=O) groups excluding carboxylic acids is 1. The van der Waals surface area contributed by atoms with Gasteiger partial charge in [0.05, 0.1) is 16.4 Å². The summed E-state index contributed by atoms with van der Waals surface area (Å²) in [4.78, 5) is 19.0. The van der Waals surface area contributed by atoms with Crippen LogP contribution in [0.2, 0.25) is 10.0 Å². The van der Waals surface area contributed by atoms with Crippen LogP contribution in [0.25, 0.3) is 10.2 Å². The van der Waals surface area contributed by atoms with Crippen molar-refractivity contribution in [1.82, 2.24) is 4.98 Å². The lowest BCUT2D eigenvalue weighted by molar-refractivity contribution is 0.103. The Morgan fingerprint density at radius 1 is 1.33 bits per heavy atom. The summed E-state index contributed by atoms with van der Waals surface area (Å²) < 4.78 is 0. The number of pyridine rings is 1.